The van der Waals surface area contributed by atoms with Gasteiger partial charge in [-0.1, -0.05) is 20.3 Å². The second-order valence-electron chi connectivity index (χ2n) is 3.07. The molecule has 1 nitrogen and oxygen atoms in total. The van der Waals surface area contributed by atoms with Gasteiger partial charge in [-0.05, 0) is 25.7 Å². The van der Waals surface area contributed by atoms with Gasteiger partial charge in [0.05, 0.1) is 0 Å². The number of fused-ring (bicyclic) bond motifs is 2. The molecule has 2 aliphatic rings. The molecule has 2 saturated heterocycles. The van der Waals surface area contributed by atoms with Crippen LogP contribution in [-0.2, 0) is 0 Å². The largest absolute Gasteiger partial charge is 0.311 e. The van der Waals surface area contributed by atoms with E-state index in [1.54, 1.807) is 0 Å². The first-order valence-electron chi connectivity index (χ1n) is 4.71. The lowest BCUT2D eigenvalue weighted by molar-refractivity contribution is 0.406. The van der Waals surface area contributed by atoms with Gasteiger partial charge in [-0.2, -0.15) is 0 Å². The van der Waals surface area contributed by atoms with E-state index < -0.39 is 0 Å². The van der Waals surface area contributed by atoms with E-state index in [1.807, 2.05) is 13.8 Å². The van der Waals surface area contributed by atoms with Crippen molar-refractivity contribution >= 4 is 0 Å². The fourth-order valence-electron chi connectivity index (χ4n) is 1.97. The highest BCUT2D eigenvalue weighted by Crippen LogP contribution is 2.25. The maximum Gasteiger partial charge on any atom is 0.00702 e. The van der Waals surface area contributed by atoms with Crippen molar-refractivity contribution in [1.82, 2.24) is 5.32 Å². The second-order valence-corrected chi connectivity index (χ2v) is 3.07. The van der Waals surface area contributed by atoms with Crippen LogP contribution in [0.4, 0.5) is 0 Å². The summed E-state index contributed by atoms with van der Waals surface area (Å²) in [6.45, 7) is 4.00. The molecule has 2 atom stereocenters. The van der Waals surface area contributed by atoms with Gasteiger partial charge in [0.2, 0.25) is 0 Å². The van der Waals surface area contributed by atoms with E-state index in [4.69, 9.17) is 0 Å². The van der Waals surface area contributed by atoms with E-state index in [1.165, 1.54) is 32.1 Å². The summed E-state index contributed by atoms with van der Waals surface area (Å²) < 4.78 is 0. The quantitative estimate of drug-likeness (QED) is 0.546. The van der Waals surface area contributed by atoms with Gasteiger partial charge in [0.15, 0.2) is 0 Å². The number of nitrogens with one attached hydrogen (secondary N) is 1. The first-order valence-corrected chi connectivity index (χ1v) is 4.71. The lowest BCUT2D eigenvalue weighted by Crippen LogP contribution is -2.33. The maximum atomic E-state index is 3.59. The second kappa shape index (κ2) is 3.97. The van der Waals surface area contributed by atoms with Gasteiger partial charge in [0.25, 0.3) is 0 Å². The highest BCUT2D eigenvalue weighted by molar-refractivity contribution is 4.87. The minimum atomic E-state index is 0.911. The zero-order chi connectivity index (χ0) is 7.40. The fraction of sp³-hybridized carbons (Fsp3) is 1.00. The molecule has 2 rings (SSSR count). The molecule has 2 heterocycles. The van der Waals surface area contributed by atoms with Crippen molar-refractivity contribution in [1.29, 1.82) is 0 Å². The number of hydrogen-bond donors (Lipinski definition) is 1. The Morgan fingerprint density at radius 1 is 0.900 bits per heavy atom. The van der Waals surface area contributed by atoms with Gasteiger partial charge in [-0.3, -0.25) is 0 Å². The Kier molecular flexibility index (Phi) is 3.20. The van der Waals surface area contributed by atoms with Crippen LogP contribution in [0.3, 0.4) is 0 Å². The summed E-state index contributed by atoms with van der Waals surface area (Å²) in [4.78, 5) is 0. The molecular formula is C9H19N. The smallest absolute Gasteiger partial charge is 0.00702 e. The lowest BCUT2D eigenvalue weighted by atomic mass is 10.1. The molecule has 1 heteroatoms. The van der Waals surface area contributed by atoms with Crippen LogP contribution < -0.4 is 5.32 Å². The number of hydrogen-bond acceptors (Lipinski definition) is 1. The number of piperidine rings is 1. The van der Waals surface area contributed by atoms with Crippen molar-refractivity contribution in [3.63, 3.8) is 0 Å². The molecule has 0 radical (unpaired) electrons. The summed E-state index contributed by atoms with van der Waals surface area (Å²) >= 11 is 0. The van der Waals surface area contributed by atoms with Gasteiger partial charge in [0, 0.05) is 12.1 Å². The molecule has 0 aromatic rings. The first kappa shape index (κ1) is 8.06. The van der Waals surface area contributed by atoms with Crippen molar-refractivity contribution in [3.05, 3.63) is 0 Å². The third-order valence-electron chi connectivity index (χ3n) is 2.44. The highest BCUT2D eigenvalue weighted by Gasteiger charge is 2.26. The summed E-state index contributed by atoms with van der Waals surface area (Å²) in [6.07, 6.45) is 7.25. The maximum absolute atomic E-state index is 3.59. The van der Waals surface area contributed by atoms with Crippen LogP contribution in [-0.4, -0.2) is 12.1 Å². The van der Waals surface area contributed by atoms with E-state index in [-0.39, 0.29) is 0 Å². The molecular weight excluding hydrogens is 122 g/mol. The third kappa shape index (κ3) is 1.72. The van der Waals surface area contributed by atoms with E-state index in [9.17, 15) is 0 Å². The molecule has 2 bridgehead atoms. The summed E-state index contributed by atoms with van der Waals surface area (Å²) in [6, 6.07) is 1.82. The molecule has 0 saturated carbocycles. The van der Waals surface area contributed by atoms with Crippen LogP contribution in [0, 0.1) is 0 Å². The van der Waals surface area contributed by atoms with E-state index in [0.29, 0.717) is 0 Å². The van der Waals surface area contributed by atoms with Crippen molar-refractivity contribution < 1.29 is 0 Å². The average molecular weight is 141 g/mol. The van der Waals surface area contributed by atoms with Crippen LogP contribution in [0.2, 0.25) is 0 Å². The normalized spacial score (nSPS) is 36.6. The van der Waals surface area contributed by atoms with E-state index >= 15 is 0 Å². The van der Waals surface area contributed by atoms with Gasteiger partial charge in [0.1, 0.15) is 0 Å². The van der Waals surface area contributed by atoms with Crippen LogP contribution in [0.5, 0.6) is 0 Å². The van der Waals surface area contributed by atoms with Crippen molar-refractivity contribution in [2.45, 2.75) is 58.0 Å². The monoisotopic (exact) mass is 141 g/mol. The van der Waals surface area contributed by atoms with Gasteiger partial charge >= 0.3 is 0 Å². The molecule has 0 aromatic heterocycles. The predicted molar refractivity (Wildman–Crippen MR) is 45.1 cm³/mol. The summed E-state index contributed by atoms with van der Waals surface area (Å²) in [5, 5.41) is 3.59. The Balaban J connectivity index is 0.000000231. The zero-order valence-electron chi connectivity index (χ0n) is 7.19. The molecule has 0 aliphatic carbocycles. The molecule has 2 fully saturated rings. The van der Waals surface area contributed by atoms with Crippen molar-refractivity contribution in [3.8, 4) is 0 Å². The van der Waals surface area contributed by atoms with Gasteiger partial charge in [-0.15, -0.1) is 0 Å². The molecule has 60 valence electrons. The molecule has 10 heavy (non-hydrogen) atoms. The van der Waals surface area contributed by atoms with Crippen molar-refractivity contribution in [2.75, 3.05) is 0 Å². The average Bonchev–Trinajstić information content (AvgIpc) is 2.35. The van der Waals surface area contributed by atoms with E-state index in [0.717, 1.165) is 12.1 Å². The Hall–Kier alpha value is -0.0400. The molecule has 2 aliphatic heterocycles. The van der Waals surface area contributed by atoms with Crippen LogP contribution in [0.1, 0.15) is 46.0 Å². The Morgan fingerprint density at radius 3 is 1.80 bits per heavy atom. The summed E-state index contributed by atoms with van der Waals surface area (Å²) in [5.41, 5.74) is 0. The van der Waals surface area contributed by atoms with Gasteiger partial charge < -0.3 is 5.32 Å². The molecule has 0 aromatic carbocycles. The standard InChI is InChI=1S/C7H13N.C2H6/c1-2-6-4-5-7(3-1)8-6;1-2/h6-8H,1-5H2;1-2H3. The molecule has 0 amide bonds. The predicted octanol–water partition coefficient (Wildman–Crippen LogP) is 2.32. The van der Waals surface area contributed by atoms with Gasteiger partial charge in [-0.25, -0.2) is 0 Å². The first-order chi connectivity index (χ1) is 4.95. The van der Waals surface area contributed by atoms with Crippen molar-refractivity contribution in [2.24, 2.45) is 0 Å². The molecule has 2 unspecified atom stereocenters. The number of rotatable bonds is 0. The topological polar surface area (TPSA) is 12.0 Å². The SMILES string of the molecule is C1CC2CCC(C1)N2.CC. The molecule has 0 spiro atoms. The lowest BCUT2D eigenvalue weighted by Gasteiger charge is -2.19. The summed E-state index contributed by atoms with van der Waals surface area (Å²) in [7, 11) is 0. The zero-order valence-corrected chi connectivity index (χ0v) is 7.19. The minimum Gasteiger partial charge on any atom is -0.311 e. The third-order valence-corrected chi connectivity index (χ3v) is 2.44. The van der Waals surface area contributed by atoms with Crippen LogP contribution in [0.15, 0.2) is 0 Å². The summed E-state index contributed by atoms with van der Waals surface area (Å²) in [5.74, 6) is 0. The Bertz CT molecular complexity index is 76.7. The van der Waals surface area contributed by atoms with Crippen LogP contribution in [0.25, 0.3) is 0 Å². The van der Waals surface area contributed by atoms with Crippen LogP contribution >= 0.6 is 0 Å². The minimum absolute atomic E-state index is 0.911. The Morgan fingerprint density at radius 2 is 1.40 bits per heavy atom. The van der Waals surface area contributed by atoms with E-state index in [2.05, 4.69) is 5.32 Å². The fourth-order valence-corrected chi connectivity index (χ4v) is 1.97. The Labute approximate surface area is 64.2 Å². The molecule has 1 N–H and O–H groups in total. The highest BCUT2D eigenvalue weighted by atomic mass is 15.0.